The lowest BCUT2D eigenvalue weighted by atomic mass is 9.97. The van der Waals surface area contributed by atoms with Gasteiger partial charge in [0.1, 0.15) is 0 Å². The predicted molar refractivity (Wildman–Crippen MR) is 65.0 cm³/mol. The lowest BCUT2D eigenvalue weighted by Crippen LogP contribution is -2.45. The van der Waals surface area contributed by atoms with Crippen LogP contribution in [0.2, 0.25) is 0 Å². The second-order valence-corrected chi connectivity index (χ2v) is 4.62. The van der Waals surface area contributed by atoms with Crippen LogP contribution in [0.3, 0.4) is 0 Å². The Morgan fingerprint density at radius 3 is 2.70 bits per heavy atom. The Bertz CT molecular complexity index is 347. The molecule has 2 amide bonds. The van der Waals surface area contributed by atoms with Crippen molar-refractivity contribution >= 4 is 12.0 Å². The Morgan fingerprint density at radius 1 is 1.40 bits per heavy atom. The second kappa shape index (κ2) is 7.35. The summed E-state index contributed by atoms with van der Waals surface area (Å²) < 4.78 is 42.4. The summed E-state index contributed by atoms with van der Waals surface area (Å²) in [5, 5.41) is 2.36. The number of alkyl carbamates (subject to hydrolysis) is 1. The van der Waals surface area contributed by atoms with E-state index in [1.54, 1.807) is 6.92 Å². The molecule has 116 valence electrons. The van der Waals surface area contributed by atoms with Crippen molar-refractivity contribution in [1.82, 2.24) is 10.2 Å². The average molecular weight is 296 g/mol. The molecule has 0 bridgehead atoms. The minimum atomic E-state index is -4.26. The number of carbonyl (C=O) groups excluding carboxylic acids is 2. The Kier molecular flexibility index (Phi) is 6.09. The van der Waals surface area contributed by atoms with Gasteiger partial charge in [-0.2, -0.15) is 13.2 Å². The molecule has 0 aromatic rings. The van der Waals surface area contributed by atoms with E-state index < -0.39 is 18.2 Å². The van der Waals surface area contributed by atoms with Gasteiger partial charge in [-0.1, -0.05) is 0 Å². The molecule has 1 atom stereocenters. The topological polar surface area (TPSA) is 58.6 Å². The first-order valence-corrected chi connectivity index (χ1v) is 6.59. The molecular weight excluding hydrogens is 277 g/mol. The number of halogens is 3. The molecule has 1 aliphatic rings. The quantitative estimate of drug-likeness (QED) is 0.862. The molecule has 0 saturated carbocycles. The first kappa shape index (κ1) is 16.6. The van der Waals surface area contributed by atoms with Gasteiger partial charge in [-0.25, -0.2) is 4.79 Å². The van der Waals surface area contributed by atoms with Gasteiger partial charge in [0, 0.05) is 26.1 Å². The number of rotatable bonds is 4. The zero-order valence-electron chi connectivity index (χ0n) is 11.3. The fourth-order valence-electron chi connectivity index (χ4n) is 2.08. The minimum absolute atomic E-state index is 0.0244. The first-order valence-electron chi connectivity index (χ1n) is 6.59. The van der Waals surface area contributed by atoms with Crippen LogP contribution in [0.15, 0.2) is 0 Å². The summed E-state index contributed by atoms with van der Waals surface area (Å²) >= 11 is 0. The number of nitrogens with zero attached hydrogens (tertiary/aromatic N) is 1. The maximum Gasteiger partial charge on any atom is 0.407 e. The monoisotopic (exact) mass is 296 g/mol. The van der Waals surface area contributed by atoms with E-state index in [4.69, 9.17) is 0 Å². The smallest absolute Gasteiger partial charge is 0.407 e. The van der Waals surface area contributed by atoms with Crippen molar-refractivity contribution in [3.8, 4) is 0 Å². The van der Waals surface area contributed by atoms with Crippen LogP contribution in [0, 0.1) is 5.92 Å². The number of alkyl halides is 3. The highest BCUT2D eigenvalue weighted by Crippen LogP contribution is 2.33. The van der Waals surface area contributed by atoms with E-state index in [1.807, 2.05) is 0 Å². The highest BCUT2D eigenvalue weighted by molar-refractivity contribution is 5.77. The molecule has 0 radical (unpaired) electrons. The summed E-state index contributed by atoms with van der Waals surface area (Å²) in [5.41, 5.74) is 0. The fraction of sp³-hybridized carbons (Fsp3) is 0.833. The Hall–Kier alpha value is -1.47. The highest BCUT2D eigenvalue weighted by atomic mass is 19.4. The van der Waals surface area contributed by atoms with Crippen LogP contribution < -0.4 is 5.32 Å². The van der Waals surface area contributed by atoms with Crippen molar-refractivity contribution in [3.05, 3.63) is 0 Å². The third-order valence-corrected chi connectivity index (χ3v) is 3.12. The first-order chi connectivity index (χ1) is 9.34. The van der Waals surface area contributed by atoms with Crippen LogP contribution in [0.25, 0.3) is 0 Å². The SMILES string of the molecule is CCOC(=O)NCCC(=O)N1CCCC(C(F)(F)F)C1. The van der Waals surface area contributed by atoms with Gasteiger partial charge in [0.2, 0.25) is 5.91 Å². The van der Waals surface area contributed by atoms with Gasteiger partial charge >= 0.3 is 12.3 Å². The summed E-state index contributed by atoms with van der Waals surface area (Å²) in [6.45, 7) is 1.98. The number of carbonyl (C=O) groups is 2. The minimum Gasteiger partial charge on any atom is -0.450 e. The molecule has 1 saturated heterocycles. The van der Waals surface area contributed by atoms with E-state index in [0.717, 1.165) is 0 Å². The molecule has 1 rings (SSSR count). The normalized spacial score (nSPS) is 19.6. The van der Waals surface area contributed by atoms with E-state index in [1.165, 1.54) is 4.90 Å². The third kappa shape index (κ3) is 5.26. The molecule has 1 aliphatic heterocycles. The molecule has 0 spiro atoms. The summed E-state index contributed by atoms with van der Waals surface area (Å²) in [6.07, 6.45) is -4.51. The Labute approximate surface area is 115 Å². The van der Waals surface area contributed by atoms with Crippen molar-refractivity contribution < 1.29 is 27.5 Å². The van der Waals surface area contributed by atoms with Crippen LogP contribution >= 0.6 is 0 Å². The molecule has 0 aromatic heterocycles. The zero-order chi connectivity index (χ0) is 15.2. The van der Waals surface area contributed by atoms with Crippen LogP contribution in [0.1, 0.15) is 26.2 Å². The largest absolute Gasteiger partial charge is 0.450 e. The third-order valence-electron chi connectivity index (χ3n) is 3.12. The molecule has 1 heterocycles. The zero-order valence-corrected chi connectivity index (χ0v) is 11.3. The highest BCUT2D eigenvalue weighted by Gasteiger charge is 2.42. The number of piperidine rings is 1. The van der Waals surface area contributed by atoms with E-state index in [2.05, 4.69) is 10.1 Å². The van der Waals surface area contributed by atoms with Gasteiger partial charge in [0.15, 0.2) is 0 Å². The summed E-state index contributed by atoms with van der Waals surface area (Å²) in [5.74, 6) is -1.83. The number of nitrogens with one attached hydrogen (secondary N) is 1. The van der Waals surface area contributed by atoms with Gasteiger partial charge in [-0.15, -0.1) is 0 Å². The molecule has 1 N–H and O–H groups in total. The van der Waals surface area contributed by atoms with E-state index in [-0.39, 0.29) is 38.4 Å². The van der Waals surface area contributed by atoms with Gasteiger partial charge < -0.3 is 15.0 Å². The standard InChI is InChI=1S/C12H19F3N2O3/c1-2-20-11(19)16-6-5-10(18)17-7-3-4-9(8-17)12(13,14)15/h9H,2-8H2,1H3,(H,16,19). The average Bonchev–Trinajstić information content (AvgIpc) is 2.38. The van der Waals surface area contributed by atoms with Gasteiger partial charge in [-0.05, 0) is 19.8 Å². The molecule has 1 fully saturated rings. The van der Waals surface area contributed by atoms with Crippen LogP contribution in [-0.2, 0) is 9.53 Å². The summed E-state index contributed by atoms with van der Waals surface area (Å²) in [6, 6.07) is 0. The molecular formula is C12H19F3N2O3. The lowest BCUT2D eigenvalue weighted by molar-refractivity contribution is -0.188. The van der Waals surface area contributed by atoms with Crippen molar-refractivity contribution in [1.29, 1.82) is 0 Å². The number of likely N-dealkylation sites (tertiary alicyclic amines) is 1. The van der Waals surface area contributed by atoms with Crippen molar-refractivity contribution in [2.24, 2.45) is 5.92 Å². The number of amides is 2. The lowest BCUT2D eigenvalue weighted by Gasteiger charge is -2.33. The molecule has 20 heavy (non-hydrogen) atoms. The number of hydrogen-bond acceptors (Lipinski definition) is 3. The van der Waals surface area contributed by atoms with Crippen LogP contribution in [0.5, 0.6) is 0 Å². The van der Waals surface area contributed by atoms with E-state index in [0.29, 0.717) is 13.0 Å². The van der Waals surface area contributed by atoms with Gasteiger partial charge in [0.25, 0.3) is 0 Å². The molecule has 0 aromatic carbocycles. The Morgan fingerprint density at radius 2 is 2.10 bits per heavy atom. The van der Waals surface area contributed by atoms with Crippen molar-refractivity contribution in [2.45, 2.75) is 32.4 Å². The van der Waals surface area contributed by atoms with Crippen molar-refractivity contribution in [3.63, 3.8) is 0 Å². The van der Waals surface area contributed by atoms with E-state index >= 15 is 0 Å². The molecule has 8 heteroatoms. The Balaban J connectivity index is 2.34. The van der Waals surface area contributed by atoms with Gasteiger partial charge in [-0.3, -0.25) is 4.79 Å². The van der Waals surface area contributed by atoms with Crippen LogP contribution in [-0.4, -0.2) is 49.3 Å². The molecule has 0 aliphatic carbocycles. The molecule has 1 unspecified atom stereocenters. The predicted octanol–water partition coefficient (Wildman–Crippen LogP) is 1.92. The summed E-state index contributed by atoms with van der Waals surface area (Å²) in [4.78, 5) is 24.0. The maximum absolute atomic E-state index is 12.6. The fourth-order valence-corrected chi connectivity index (χ4v) is 2.08. The number of hydrogen-bond donors (Lipinski definition) is 1. The molecule has 5 nitrogen and oxygen atoms in total. The summed E-state index contributed by atoms with van der Waals surface area (Å²) in [7, 11) is 0. The van der Waals surface area contributed by atoms with E-state index in [9.17, 15) is 22.8 Å². The van der Waals surface area contributed by atoms with Gasteiger partial charge in [0.05, 0.1) is 12.5 Å². The maximum atomic E-state index is 12.6. The van der Waals surface area contributed by atoms with Crippen molar-refractivity contribution in [2.75, 3.05) is 26.2 Å². The second-order valence-electron chi connectivity index (χ2n) is 4.62. The number of ether oxygens (including phenoxy) is 1. The van der Waals surface area contributed by atoms with Crippen LogP contribution in [0.4, 0.5) is 18.0 Å².